The summed E-state index contributed by atoms with van der Waals surface area (Å²) in [5, 5.41) is 7.35. The third-order valence-corrected chi connectivity index (χ3v) is 4.38. The Kier molecular flexibility index (Phi) is 5.08. The molecule has 2 aromatic rings. The van der Waals surface area contributed by atoms with E-state index in [0.29, 0.717) is 6.54 Å². The lowest BCUT2D eigenvalue weighted by Gasteiger charge is -2.30. The fourth-order valence-corrected chi connectivity index (χ4v) is 3.15. The molecule has 1 saturated heterocycles. The van der Waals surface area contributed by atoms with Crippen LogP contribution in [0.1, 0.15) is 31.7 Å². The van der Waals surface area contributed by atoms with Gasteiger partial charge in [0.15, 0.2) is 0 Å². The molecule has 1 aromatic carbocycles. The number of nitrogens with zero attached hydrogens (tertiary/aromatic N) is 2. The lowest BCUT2D eigenvalue weighted by molar-refractivity contribution is -0.134. The van der Waals surface area contributed by atoms with E-state index in [4.69, 9.17) is 4.74 Å². The maximum Gasteiger partial charge on any atom is 0.226 e. The minimum Gasteiger partial charge on any atom is -0.377 e. The van der Waals surface area contributed by atoms with Gasteiger partial charge in [0.05, 0.1) is 17.7 Å². The molecular formula is C18H23N3O2. The van der Waals surface area contributed by atoms with Gasteiger partial charge in [-0.2, -0.15) is 5.10 Å². The molecule has 2 atom stereocenters. The summed E-state index contributed by atoms with van der Waals surface area (Å²) in [7, 11) is 0. The van der Waals surface area contributed by atoms with Gasteiger partial charge in [-0.1, -0.05) is 25.1 Å². The van der Waals surface area contributed by atoms with Crippen LogP contribution in [0.15, 0.2) is 42.7 Å². The van der Waals surface area contributed by atoms with Crippen molar-refractivity contribution < 1.29 is 9.53 Å². The predicted octanol–water partition coefficient (Wildman–Crippen LogP) is 2.69. The summed E-state index contributed by atoms with van der Waals surface area (Å²) in [6.07, 6.45) is 6.44. The third-order valence-electron chi connectivity index (χ3n) is 4.38. The summed E-state index contributed by atoms with van der Waals surface area (Å²) < 4.78 is 7.54. The number of carbonyl (C=O) groups excluding carboxylic acids is 1. The van der Waals surface area contributed by atoms with Gasteiger partial charge in [-0.15, -0.1) is 0 Å². The van der Waals surface area contributed by atoms with Crippen molar-refractivity contribution in [1.82, 2.24) is 15.1 Å². The summed E-state index contributed by atoms with van der Waals surface area (Å²) in [5.41, 5.74) is 2.04. The average Bonchev–Trinajstić information content (AvgIpc) is 3.14. The van der Waals surface area contributed by atoms with E-state index in [1.54, 1.807) is 6.20 Å². The van der Waals surface area contributed by atoms with Crippen molar-refractivity contribution in [3.8, 4) is 5.69 Å². The molecule has 0 spiro atoms. The Hall–Kier alpha value is -2.14. The number of ether oxygens (including phenoxy) is 1. The first-order valence-corrected chi connectivity index (χ1v) is 8.27. The summed E-state index contributed by atoms with van der Waals surface area (Å²) in [5.74, 6) is 0.0532. The molecular weight excluding hydrogens is 290 g/mol. The van der Waals surface area contributed by atoms with Crippen molar-refractivity contribution in [1.29, 1.82) is 0 Å². The van der Waals surface area contributed by atoms with Crippen LogP contribution in [0, 0.1) is 5.92 Å². The van der Waals surface area contributed by atoms with E-state index in [2.05, 4.69) is 17.3 Å². The lowest BCUT2D eigenvalue weighted by atomic mass is 9.92. The Morgan fingerprint density at radius 3 is 3.04 bits per heavy atom. The van der Waals surface area contributed by atoms with E-state index >= 15 is 0 Å². The normalized spacial score (nSPS) is 21.1. The smallest absolute Gasteiger partial charge is 0.226 e. The van der Waals surface area contributed by atoms with E-state index < -0.39 is 0 Å². The molecule has 0 aliphatic carbocycles. The van der Waals surface area contributed by atoms with Crippen molar-refractivity contribution in [2.24, 2.45) is 5.92 Å². The summed E-state index contributed by atoms with van der Waals surface area (Å²) in [6, 6.07) is 9.87. The molecule has 3 rings (SSSR count). The van der Waals surface area contributed by atoms with Crippen molar-refractivity contribution >= 4 is 5.91 Å². The largest absolute Gasteiger partial charge is 0.377 e. The van der Waals surface area contributed by atoms with E-state index in [1.165, 1.54) is 0 Å². The second-order valence-corrected chi connectivity index (χ2v) is 5.86. The predicted molar refractivity (Wildman–Crippen MR) is 88.2 cm³/mol. The highest BCUT2D eigenvalue weighted by Gasteiger charge is 2.30. The zero-order valence-electron chi connectivity index (χ0n) is 13.4. The van der Waals surface area contributed by atoms with Gasteiger partial charge < -0.3 is 10.1 Å². The molecule has 5 heteroatoms. The number of hydrogen-bond donors (Lipinski definition) is 1. The summed E-state index contributed by atoms with van der Waals surface area (Å²) in [6.45, 7) is 3.34. The van der Waals surface area contributed by atoms with Gasteiger partial charge in [0, 0.05) is 25.5 Å². The number of carbonyl (C=O) groups is 1. The molecule has 23 heavy (non-hydrogen) atoms. The molecule has 0 radical (unpaired) electrons. The molecule has 2 heterocycles. The molecule has 1 amide bonds. The Morgan fingerprint density at radius 2 is 2.26 bits per heavy atom. The van der Waals surface area contributed by atoms with Crippen LogP contribution in [0.2, 0.25) is 0 Å². The molecule has 122 valence electrons. The van der Waals surface area contributed by atoms with Crippen LogP contribution in [-0.2, 0) is 16.1 Å². The fourth-order valence-electron chi connectivity index (χ4n) is 3.15. The summed E-state index contributed by atoms with van der Waals surface area (Å²) in [4.78, 5) is 12.5. The van der Waals surface area contributed by atoms with Gasteiger partial charge >= 0.3 is 0 Å². The third kappa shape index (κ3) is 3.62. The van der Waals surface area contributed by atoms with Crippen LogP contribution in [0.25, 0.3) is 5.69 Å². The Labute approximate surface area is 136 Å². The van der Waals surface area contributed by atoms with Crippen LogP contribution >= 0.6 is 0 Å². The standard InChI is InChI=1S/C18H23N3O2/c1-2-17-15(8-5-12-23-17)18(22)19-13-14-7-3-4-9-16(14)21-11-6-10-20-21/h3-4,6-7,9-11,15,17H,2,5,8,12-13H2,1H3,(H,19,22)/t15-,17+/m0/s1. The number of aromatic nitrogens is 2. The van der Waals surface area contributed by atoms with Crippen LogP contribution in [-0.4, -0.2) is 28.4 Å². The van der Waals surface area contributed by atoms with Crippen molar-refractivity contribution in [3.63, 3.8) is 0 Å². The average molecular weight is 313 g/mol. The minimum atomic E-state index is -0.0365. The maximum atomic E-state index is 12.5. The monoisotopic (exact) mass is 313 g/mol. The topological polar surface area (TPSA) is 56.1 Å². The van der Waals surface area contributed by atoms with Crippen LogP contribution in [0.3, 0.4) is 0 Å². The molecule has 1 aliphatic heterocycles. The number of benzene rings is 1. The first-order valence-electron chi connectivity index (χ1n) is 8.27. The second kappa shape index (κ2) is 7.42. The number of rotatable bonds is 5. The fraction of sp³-hybridized carbons (Fsp3) is 0.444. The zero-order chi connectivity index (χ0) is 16.1. The van der Waals surface area contributed by atoms with Gasteiger partial charge in [0.2, 0.25) is 5.91 Å². The van der Waals surface area contributed by atoms with Crippen molar-refractivity contribution in [3.05, 3.63) is 48.3 Å². The summed E-state index contributed by atoms with van der Waals surface area (Å²) >= 11 is 0. The van der Waals surface area contributed by atoms with E-state index in [9.17, 15) is 4.79 Å². The number of nitrogens with one attached hydrogen (secondary N) is 1. The van der Waals surface area contributed by atoms with Crippen LogP contribution < -0.4 is 5.32 Å². The molecule has 0 unspecified atom stereocenters. The molecule has 1 fully saturated rings. The van der Waals surface area contributed by atoms with Gasteiger partial charge in [-0.05, 0) is 37.0 Å². The van der Waals surface area contributed by atoms with E-state index in [0.717, 1.165) is 37.1 Å². The Morgan fingerprint density at radius 1 is 1.39 bits per heavy atom. The van der Waals surface area contributed by atoms with Gasteiger partial charge in [0.25, 0.3) is 0 Å². The van der Waals surface area contributed by atoms with E-state index in [1.807, 2.05) is 41.2 Å². The number of hydrogen-bond acceptors (Lipinski definition) is 3. The highest BCUT2D eigenvalue weighted by atomic mass is 16.5. The number of amides is 1. The minimum absolute atomic E-state index is 0.0365. The Bertz CT molecular complexity index is 639. The first kappa shape index (κ1) is 15.7. The van der Waals surface area contributed by atoms with Crippen LogP contribution in [0.4, 0.5) is 0 Å². The first-order chi connectivity index (χ1) is 11.3. The SMILES string of the molecule is CC[C@H]1OCCC[C@@H]1C(=O)NCc1ccccc1-n1cccn1. The molecule has 1 N–H and O–H groups in total. The van der Waals surface area contributed by atoms with Crippen LogP contribution in [0.5, 0.6) is 0 Å². The molecule has 1 aliphatic rings. The Balaban J connectivity index is 1.68. The quantitative estimate of drug-likeness (QED) is 0.923. The maximum absolute atomic E-state index is 12.5. The van der Waals surface area contributed by atoms with Crippen molar-refractivity contribution in [2.45, 2.75) is 38.8 Å². The van der Waals surface area contributed by atoms with Crippen molar-refractivity contribution in [2.75, 3.05) is 6.61 Å². The molecule has 5 nitrogen and oxygen atoms in total. The highest BCUT2D eigenvalue weighted by molar-refractivity contribution is 5.79. The molecule has 1 aromatic heterocycles. The van der Waals surface area contributed by atoms with E-state index in [-0.39, 0.29) is 17.9 Å². The van der Waals surface area contributed by atoms with Gasteiger partial charge in [-0.3, -0.25) is 4.79 Å². The zero-order valence-corrected chi connectivity index (χ0v) is 13.4. The molecule has 0 bridgehead atoms. The highest BCUT2D eigenvalue weighted by Crippen LogP contribution is 2.23. The second-order valence-electron chi connectivity index (χ2n) is 5.86. The molecule has 0 saturated carbocycles. The lowest BCUT2D eigenvalue weighted by Crippen LogP contribution is -2.41. The van der Waals surface area contributed by atoms with Gasteiger partial charge in [0.1, 0.15) is 0 Å². The number of para-hydroxylation sites is 1. The van der Waals surface area contributed by atoms with Gasteiger partial charge in [-0.25, -0.2) is 4.68 Å².